The molecule has 0 radical (unpaired) electrons. The van der Waals surface area contributed by atoms with Gasteiger partial charge in [0.1, 0.15) is 0 Å². The van der Waals surface area contributed by atoms with Crippen molar-refractivity contribution < 1.29 is 9.36 Å². The first-order valence-corrected chi connectivity index (χ1v) is 5.71. The molecule has 0 fully saturated rings. The van der Waals surface area contributed by atoms with Gasteiger partial charge in [-0.15, -0.1) is 0 Å². The van der Waals surface area contributed by atoms with Crippen molar-refractivity contribution in [3.8, 4) is 0 Å². The molecule has 17 heavy (non-hydrogen) atoms. The number of carbonyl (C=O) groups excluding carboxylic acids is 1. The third-order valence-electron chi connectivity index (χ3n) is 2.71. The van der Waals surface area contributed by atoms with E-state index in [2.05, 4.69) is 0 Å². The quantitative estimate of drug-likeness (QED) is 0.582. The summed E-state index contributed by atoms with van der Waals surface area (Å²) in [7, 11) is 0. The van der Waals surface area contributed by atoms with Crippen molar-refractivity contribution in [3.63, 3.8) is 0 Å². The van der Waals surface area contributed by atoms with Crippen LogP contribution in [0.3, 0.4) is 0 Å². The minimum atomic E-state index is 0.139. The van der Waals surface area contributed by atoms with Gasteiger partial charge in [0.05, 0.1) is 0 Å². The van der Waals surface area contributed by atoms with E-state index in [1.807, 2.05) is 67.2 Å². The van der Waals surface area contributed by atoms with E-state index in [-0.39, 0.29) is 5.78 Å². The molecule has 0 saturated heterocycles. The molecule has 2 heteroatoms. The zero-order chi connectivity index (χ0) is 12.3. The molecular formula is C15H16NO+. The van der Waals surface area contributed by atoms with Crippen LogP contribution < -0.4 is 4.57 Å². The van der Waals surface area contributed by atoms with Crippen LogP contribution in [0.1, 0.15) is 21.5 Å². The lowest BCUT2D eigenvalue weighted by Gasteiger charge is -1.99. The zero-order valence-corrected chi connectivity index (χ0v) is 10.2. The van der Waals surface area contributed by atoms with Gasteiger partial charge < -0.3 is 0 Å². The highest BCUT2D eigenvalue weighted by Gasteiger charge is 2.11. The molecule has 1 aromatic heterocycles. The van der Waals surface area contributed by atoms with Crippen LogP contribution in [0.15, 0.2) is 48.8 Å². The van der Waals surface area contributed by atoms with E-state index in [4.69, 9.17) is 0 Å². The number of benzene rings is 1. The Hall–Kier alpha value is -1.96. The Balaban J connectivity index is 2.14. The Bertz CT molecular complexity index is 529. The first-order valence-electron chi connectivity index (χ1n) is 5.71. The fourth-order valence-corrected chi connectivity index (χ4v) is 1.75. The third-order valence-corrected chi connectivity index (χ3v) is 2.71. The minimum Gasteiger partial charge on any atom is -0.287 e. The molecule has 0 aliphatic rings. The lowest BCUT2D eigenvalue weighted by molar-refractivity contribution is -0.683. The van der Waals surface area contributed by atoms with Crippen molar-refractivity contribution in [1.82, 2.24) is 0 Å². The molecule has 0 aliphatic heterocycles. The summed E-state index contributed by atoms with van der Waals surface area (Å²) in [6.07, 6.45) is 3.89. The van der Waals surface area contributed by atoms with Gasteiger partial charge in [-0.25, -0.2) is 0 Å². The summed E-state index contributed by atoms with van der Waals surface area (Å²) in [4.78, 5) is 12.0. The Labute approximate surface area is 102 Å². The molecule has 2 aromatic rings. The van der Waals surface area contributed by atoms with Crippen LogP contribution in [0.4, 0.5) is 0 Å². The first kappa shape index (κ1) is 11.5. The fraction of sp³-hybridized carbons (Fsp3) is 0.200. The molecule has 0 unspecified atom stereocenters. The molecule has 2 nitrogen and oxygen atoms in total. The number of hydrogen-bond donors (Lipinski definition) is 0. The number of carbonyl (C=O) groups is 1. The van der Waals surface area contributed by atoms with Crippen molar-refractivity contribution >= 4 is 5.78 Å². The molecule has 0 spiro atoms. The Morgan fingerprint density at radius 1 is 1.06 bits per heavy atom. The maximum absolute atomic E-state index is 12.0. The van der Waals surface area contributed by atoms with Crippen molar-refractivity contribution in [2.45, 2.75) is 20.4 Å². The van der Waals surface area contributed by atoms with Crippen LogP contribution in [-0.2, 0) is 6.54 Å². The molecule has 86 valence electrons. The normalized spacial score (nSPS) is 10.2. The second kappa shape index (κ2) is 4.91. The van der Waals surface area contributed by atoms with Crippen LogP contribution in [0.25, 0.3) is 0 Å². The average Bonchev–Trinajstić information content (AvgIpc) is 2.29. The predicted octanol–water partition coefficient (Wildman–Crippen LogP) is 2.47. The summed E-state index contributed by atoms with van der Waals surface area (Å²) in [5, 5.41) is 0. The van der Waals surface area contributed by atoms with Crippen molar-refractivity contribution in [2.24, 2.45) is 0 Å². The number of hydrogen-bond acceptors (Lipinski definition) is 1. The molecular weight excluding hydrogens is 210 g/mol. The summed E-state index contributed by atoms with van der Waals surface area (Å²) < 4.78 is 1.91. The standard InChI is InChI=1S/C15H16NO/c1-12-5-7-14(8-6-12)15(17)11-16-9-3-4-13(2)10-16/h3-10H,11H2,1-2H3/q+1. The van der Waals surface area contributed by atoms with Crippen LogP contribution in [0, 0.1) is 13.8 Å². The summed E-state index contributed by atoms with van der Waals surface area (Å²) in [6.45, 7) is 4.43. The van der Waals surface area contributed by atoms with Gasteiger partial charge >= 0.3 is 0 Å². The lowest BCUT2D eigenvalue weighted by Crippen LogP contribution is -2.37. The van der Waals surface area contributed by atoms with Gasteiger partial charge in [0.2, 0.25) is 12.3 Å². The lowest BCUT2D eigenvalue weighted by atomic mass is 10.1. The second-order valence-electron chi connectivity index (χ2n) is 4.34. The van der Waals surface area contributed by atoms with E-state index in [9.17, 15) is 4.79 Å². The van der Waals surface area contributed by atoms with Crippen molar-refractivity contribution in [3.05, 3.63) is 65.5 Å². The molecule has 0 N–H and O–H groups in total. The van der Waals surface area contributed by atoms with E-state index < -0.39 is 0 Å². The monoisotopic (exact) mass is 226 g/mol. The summed E-state index contributed by atoms with van der Waals surface area (Å²) in [5.74, 6) is 0.139. The van der Waals surface area contributed by atoms with Gasteiger partial charge in [-0.05, 0) is 19.9 Å². The number of pyridine rings is 1. The smallest absolute Gasteiger partial charge is 0.227 e. The number of Topliss-reactive ketones (excluding diaryl/α,β-unsaturated/α-hetero) is 1. The third kappa shape index (κ3) is 3.00. The van der Waals surface area contributed by atoms with Gasteiger partial charge in [0, 0.05) is 17.2 Å². The Morgan fingerprint density at radius 2 is 1.76 bits per heavy atom. The van der Waals surface area contributed by atoms with Crippen LogP contribution in [-0.4, -0.2) is 5.78 Å². The SMILES string of the molecule is Cc1ccc(C(=O)C[n+]2cccc(C)c2)cc1. The Morgan fingerprint density at radius 3 is 2.41 bits per heavy atom. The average molecular weight is 226 g/mol. The van der Waals surface area contributed by atoms with E-state index in [1.165, 1.54) is 5.56 Å². The highest BCUT2D eigenvalue weighted by Crippen LogP contribution is 2.04. The molecule has 0 saturated carbocycles. The van der Waals surface area contributed by atoms with E-state index in [1.54, 1.807) is 0 Å². The molecule has 0 bridgehead atoms. The number of aromatic nitrogens is 1. The van der Waals surface area contributed by atoms with Crippen LogP contribution >= 0.6 is 0 Å². The second-order valence-corrected chi connectivity index (χ2v) is 4.34. The maximum Gasteiger partial charge on any atom is 0.227 e. The molecule has 0 amide bonds. The molecule has 0 atom stereocenters. The van der Waals surface area contributed by atoms with Gasteiger partial charge in [-0.2, -0.15) is 4.57 Å². The predicted molar refractivity (Wildman–Crippen MR) is 66.9 cm³/mol. The van der Waals surface area contributed by atoms with Gasteiger partial charge in [-0.1, -0.05) is 29.8 Å². The van der Waals surface area contributed by atoms with Crippen molar-refractivity contribution in [2.75, 3.05) is 0 Å². The highest BCUT2D eigenvalue weighted by molar-refractivity contribution is 5.95. The largest absolute Gasteiger partial charge is 0.287 e. The summed E-state index contributed by atoms with van der Waals surface area (Å²) in [5.41, 5.74) is 3.10. The maximum atomic E-state index is 12.0. The van der Waals surface area contributed by atoms with Gasteiger partial charge in [0.15, 0.2) is 12.4 Å². The Kier molecular flexibility index (Phi) is 3.33. The van der Waals surface area contributed by atoms with Crippen LogP contribution in [0.2, 0.25) is 0 Å². The molecule has 1 aromatic carbocycles. The molecule has 0 aliphatic carbocycles. The highest BCUT2D eigenvalue weighted by atomic mass is 16.1. The van der Waals surface area contributed by atoms with Crippen LogP contribution in [0.5, 0.6) is 0 Å². The topological polar surface area (TPSA) is 20.9 Å². The molecule has 2 rings (SSSR count). The van der Waals surface area contributed by atoms with E-state index in [0.717, 1.165) is 11.1 Å². The van der Waals surface area contributed by atoms with E-state index in [0.29, 0.717) is 6.54 Å². The number of rotatable bonds is 3. The summed E-state index contributed by atoms with van der Waals surface area (Å²) in [6, 6.07) is 11.7. The number of aryl methyl sites for hydroxylation is 2. The van der Waals surface area contributed by atoms with Gasteiger partial charge in [0.25, 0.3) is 0 Å². The van der Waals surface area contributed by atoms with Gasteiger partial charge in [-0.3, -0.25) is 4.79 Å². The number of ketones is 1. The van der Waals surface area contributed by atoms with Crippen molar-refractivity contribution in [1.29, 1.82) is 0 Å². The number of nitrogens with zero attached hydrogens (tertiary/aromatic N) is 1. The summed E-state index contributed by atoms with van der Waals surface area (Å²) >= 11 is 0. The minimum absolute atomic E-state index is 0.139. The first-order chi connectivity index (χ1) is 8.15. The van der Waals surface area contributed by atoms with E-state index >= 15 is 0 Å². The fourth-order valence-electron chi connectivity index (χ4n) is 1.75. The molecule has 1 heterocycles. The zero-order valence-electron chi connectivity index (χ0n) is 10.2.